The number of hydrogen-bond acceptors (Lipinski definition) is 4. The standard InChI is InChI=1S/C14H13N3O3.Mn.H2O/c1-20-12-4-2-3-11(13(12)18)9-16-17-14(19)10-5-7-15-8-6-10;;/h2-9H,1H3,(H2,15,16,17,18,19);;1H2/q;+2;. The number of nitrogens with zero attached hydrogens (tertiary/aromatic N) is 3. The first-order valence-corrected chi connectivity index (χ1v) is 5.81. The molecule has 0 saturated carbocycles. The number of methoxy groups -OCH3 is 1. The van der Waals surface area contributed by atoms with Crippen molar-refractivity contribution in [1.82, 2.24) is 4.98 Å². The molecule has 1 radical (unpaired) electrons. The van der Waals surface area contributed by atoms with Gasteiger partial charge in [-0.2, -0.15) is 0 Å². The predicted octanol–water partition coefficient (Wildman–Crippen LogP) is 1.61. The second-order valence-corrected chi connectivity index (χ2v) is 3.83. The van der Waals surface area contributed by atoms with Gasteiger partial charge in [0.15, 0.2) is 0 Å². The molecule has 0 aliphatic carbocycles. The fourth-order valence-corrected chi connectivity index (χ4v) is 1.53. The SMILES string of the molecule is COc1cccc(C=N[N-]C(=[OH+])c2ccncc2)c1[OH2+].[Mn+2].[OH-]. The molecule has 115 valence electrons. The Labute approximate surface area is 137 Å². The summed E-state index contributed by atoms with van der Waals surface area (Å²) in [6.45, 7) is 0. The molecule has 0 bridgehead atoms. The molecule has 22 heavy (non-hydrogen) atoms. The maximum Gasteiger partial charge on any atom is 2.00 e. The summed E-state index contributed by atoms with van der Waals surface area (Å²) in [5, 5.41) is 11.6. The molecular formula is C14H15MnN3O4+2. The molecule has 0 spiro atoms. The van der Waals surface area contributed by atoms with Crippen molar-refractivity contribution in [2.24, 2.45) is 5.10 Å². The number of pyridine rings is 1. The third-order valence-electron chi connectivity index (χ3n) is 2.57. The molecule has 2 rings (SSSR count). The molecule has 0 unspecified atom stereocenters. The quantitative estimate of drug-likeness (QED) is 0.362. The zero-order valence-corrected chi connectivity index (χ0v) is 12.8. The second-order valence-electron chi connectivity index (χ2n) is 3.83. The fraction of sp³-hybridized carbons (Fsp3) is 0.0714. The van der Waals surface area contributed by atoms with Gasteiger partial charge in [0.1, 0.15) is 0 Å². The Kier molecular flexibility index (Phi) is 8.47. The first-order valence-electron chi connectivity index (χ1n) is 5.81. The third-order valence-corrected chi connectivity index (χ3v) is 2.57. The summed E-state index contributed by atoms with van der Waals surface area (Å²) in [6.07, 6.45) is 4.49. The van der Waals surface area contributed by atoms with Gasteiger partial charge in [-0.05, 0) is 24.3 Å². The first kappa shape index (κ1) is 19.6. The first-order chi connectivity index (χ1) is 9.72. The Morgan fingerprint density at radius 3 is 2.64 bits per heavy atom. The van der Waals surface area contributed by atoms with E-state index in [1.54, 1.807) is 42.7 Å². The zero-order valence-electron chi connectivity index (χ0n) is 11.6. The van der Waals surface area contributed by atoms with Gasteiger partial charge in [0.05, 0.1) is 18.2 Å². The monoisotopic (exact) mass is 344 g/mol. The Morgan fingerprint density at radius 1 is 1.32 bits per heavy atom. The molecule has 1 aromatic heterocycles. The number of benzene rings is 1. The minimum absolute atomic E-state index is 0. The van der Waals surface area contributed by atoms with Crippen LogP contribution in [0.3, 0.4) is 0 Å². The second kappa shape index (κ2) is 9.51. The number of ether oxygens (including phenoxy) is 1. The van der Waals surface area contributed by atoms with Crippen molar-refractivity contribution in [3.63, 3.8) is 0 Å². The van der Waals surface area contributed by atoms with E-state index in [0.717, 1.165) is 0 Å². The smallest absolute Gasteiger partial charge is 0.870 e. The van der Waals surface area contributed by atoms with E-state index < -0.39 is 0 Å². The summed E-state index contributed by atoms with van der Waals surface area (Å²) in [4.78, 5) is 13.5. The van der Waals surface area contributed by atoms with Gasteiger partial charge in [0.2, 0.25) is 5.75 Å². The number of carbonyl (C=O) groups excluding carboxylic acids is 1. The van der Waals surface area contributed by atoms with E-state index in [4.69, 9.17) is 9.84 Å². The average Bonchev–Trinajstić information content (AvgIpc) is 2.49. The normalized spacial score (nSPS) is 9.50. The molecule has 7 nitrogen and oxygen atoms in total. The van der Waals surface area contributed by atoms with Crippen LogP contribution >= 0.6 is 0 Å². The predicted molar refractivity (Wildman–Crippen MR) is 79.2 cm³/mol. The Balaban J connectivity index is 0.00000220. The molecule has 1 amide bonds. The summed E-state index contributed by atoms with van der Waals surface area (Å²) < 4.78 is 5.04. The zero-order chi connectivity index (χ0) is 14.4. The Morgan fingerprint density at radius 2 is 2.00 bits per heavy atom. The Hall–Kier alpha value is -2.41. The minimum Gasteiger partial charge on any atom is -0.870 e. The summed E-state index contributed by atoms with van der Waals surface area (Å²) in [5.74, 6) is 0.465. The maximum absolute atomic E-state index is 9.71. The van der Waals surface area contributed by atoms with Crippen molar-refractivity contribution < 1.29 is 37.2 Å². The number of aromatic nitrogens is 1. The van der Waals surface area contributed by atoms with Crippen molar-refractivity contribution in [1.29, 1.82) is 0 Å². The molecule has 0 atom stereocenters. The summed E-state index contributed by atoms with van der Waals surface area (Å²) in [5.41, 5.74) is 4.75. The van der Waals surface area contributed by atoms with Crippen LogP contribution in [-0.4, -0.2) is 39.6 Å². The van der Waals surface area contributed by atoms with Gasteiger partial charge in [-0.25, -0.2) is 0 Å². The molecule has 4 N–H and O–H groups in total. The van der Waals surface area contributed by atoms with Crippen LogP contribution in [-0.2, 0) is 17.1 Å². The molecule has 0 fully saturated rings. The van der Waals surface area contributed by atoms with E-state index in [2.05, 4.69) is 15.5 Å². The van der Waals surface area contributed by atoms with Crippen LogP contribution < -0.4 is 4.74 Å². The summed E-state index contributed by atoms with van der Waals surface area (Å²) in [6, 6.07) is 8.40. The van der Waals surface area contributed by atoms with Gasteiger partial charge >= 0.3 is 22.8 Å². The van der Waals surface area contributed by atoms with E-state index in [1.165, 1.54) is 13.3 Å². The average molecular weight is 344 g/mol. The van der Waals surface area contributed by atoms with Crippen molar-refractivity contribution in [3.05, 3.63) is 59.3 Å². The molecule has 0 saturated heterocycles. The molecular weight excluding hydrogens is 329 g/mol. The number of para-hydroxylation sites is 1. The van der Waals surface area contributed by atoms with Crippen LogP contribution in [0, 0.1) is 0 Å². The van der Waals surface area contributed by atoms with Crippen LogP contribution in [0.15, 0.2) is 47.8 Å². The Bertz CT molecular complexity index is 635. The van der Waals surface area contributed by atoms with Crippen molar-refractivity contribution in [2.75, 3.05) is 7.11 Å². The largest absolute Gasteiger partial charge is 2.00 e. The maximum atomic E-state index is 9.71. The summed E-state index contributed by atoms with van der Waals surface area (Å²) >= 11 is 0. The van der Waals surface area contributed by atoms with Crippen molar-refractivity contribution in [2.45, 2.75) is 0 Å². The molecule has 0 aliphatic heterocycles. The molecule has 2 aromatic rings. The van der Waals surface area contributed by atoms with Crippen LogP contribution in [0.1, 0.15) is 11.1 Å². The van der Waals surface area contributed by atoms with Crippen LogP contribution in [0.25, 0.3) is 5.43 Å². The minimum atomic E-state index is -0.210. The van der Waals surface area contributed by atoms with Crippen molar-refractivity contribution >= 4 is 12.1 Å². The fourth-order valence-electron chi connectivity index (χ4n) is 1.53. The van der Waals surface area contributed by atoms with Gasteiger partial charge in [0.25, 0.3) is 5.91 Å². The topological polar surface area (TPSA) is 123 Å². The molecule has 1 heterocycles. The molecule has 8 heteroatoms. The van der Waals surface area contributed by atoms with Gasteiger partial charge in [0, 0.05) is 18.6 Å². The van der Waals surface area contributed by atoms with Crippen LogP contribution in [0.4, 0.5) is 0 Å². The van der Waals surface area contributed by atoms with Crippen molar-refractivity contribution in [3.8, 4) is 11.5 Å². The number of rotatable bonds is 4. The van der Waals surface area contributed by atoms with Gasteiger partial charge in [-0.3, -0.25) is 9.78 Å². The number of hydrogen-bond donors (Lipinski definition) is 0. The van der Waals surface area contributed by atoms with Crippen LogP contribution in [0.2, 0.25) is 0 Å². The van der Waals surface area contributed by atoms with E-state index in [1.807, 2.05) is 0 Å². The van der Waals surface area contributed by atoms with Gasteiger partial charge < -0.3 is 25.8 Å². The van der Waals surface area contributed by atoms with E-state index in [9.17, 15) is 4.79 Å². The van der Waals surface area contributed by atoms with E-state index in [-0.39, 0.29) is 34.2 Å². The number of amides is 1. The molecule has 0 aliphatic rings. The van der Waals surface area contributed by atoms with Crippen LogP contribution in [0.5, 0.6) is 11.5 Å². The third kappa shape index (κ3) is 4.85. The molecule has 1 aromatic carbocycles. The van der Waals surface area contributed by atoms with Gasteiger partial charge in [-0.15, -0.1) is 0 Å². The van der Waals surface area contributed by atoms with E-state index in [0.29, 0.717) is 16.9 Å². The summed E-state index contributed by atoms with van der Waals surface area (Å²) in [7, 11) is 1.50. The van der Waals surface area contributed by atoms with Gasteiger partial charge in [-0.1, -0.05) is 6.07 Å². The van der Waals surface area contributed by atoms with E-state index >= 15 is 0 Å².